The van der Waals surface area contributed by atoms with Gasteiger partial charge in [0.05, 0.1) is 5.25 Å². The Morgan fingerprint density at radius 3 is 2.57 bits per heavy atom. The molecule has 1 heterocycles. The van der Waals surface area contributed by atoms with Crippen LogP contribution in [0.4, 0.5) is 10.1 Å². The lowest BCUT2D eigenvalue weighted by atomic mass is 10.3. The number of nitrogens with zero attached hydrogens (tertiary/aromatic N) is 3. The second-order valence-electron chi connectivity index (χ2n) is 4.87. The Labute approximate surface area is 127 Å². The molecule has 0 unspecified atom stereocenters. The molecule has 1 atom stereocenters. The number of anilines is 1. The molecule has 2 rings (SSSR count). The zero-order valence-corrected chi connectivity index (χ0v) is 12.9. The van der Waals surface area contributed by atoms with Crippen LogP contribution in [-0.4, -0.2) is 25.9 Å². The predicted octanol–water partition coefficient (Wildman–Crippen LogP) is 3.12. The van der Waals surface area contributed by atoms with E-state index in [-0.39, 0.29) is 23.0 Å². The molecule has 7 heteroatoms. The van der Waals surface area contributed by atoms with Crippen molar-refractivity contribution < 1.29 is 9.18 Å². The Morgan fingerprint density at radius 2 is 1.95 bits per heavy atom. The Balaban J connectivity index is 1.99. The van der Waals surface area contributed by atoms with Crippen molar-refractivity contribution in [2.45, 2.75) is 37.2 Å². The van der Waals surface area contributed by atoms with E-state index < -0.39 is 0 Å². The lowest BCUT2D eigenvalue weighted by Crippen LogP contribution is -2.23. The van der Waals surface area contributed by atoms with Gasteiger partial charge in [0.25, 0.3) is 0 Å². The first-order valence-electron chi connectivity index (χ1n) is 6.60. The van der Waals surface area contributed by atoms with Crippen LogP contribution in [0.15, 0.2) is 35.7 Å². The molecule has 2 aromatic rings. The highest BCUT2D eigenvalue weighted by atomic mass is 32.2. The van der Waals surface area contributed by atoms with E-state index in [1.54, 1.807) is 13.3 Å². The van der Waals surface area contributed by atoms with Gasteiger partial charge in [-0.1, -0.05) is 11.8 Å². The zero-order valence-electron chi connectivity index (χ0n) is 12.1. The Bertz CT molecular complexity index is 612. The minimum Gasteiger partial charge on any atom is -0.325 e. The van der Waals surface area contributed by atoms with Crippen molar-refractivity contribution in [3.05, 3.63) is 36.4 Å². The van der Waals surface area contributed by atoms with Gasteiger partial charge in [-0.05, 0) is 45.0 Å². The van der Waals surface area contributed by atoms with Crippen molar-refractivity contribution >= 4 is 23.4 Å². The largest absolute Gasteiger partial charge is 0.325 e. The summed E-state index contributed by atoms with van der Waals surface area (Å²) in [4.78, 5) is 12.1. The molecular weight excluding hydrogens is 291 g/mol. The minimum absolute atomic E-state index is 0.162. The smallest absolute Gasteiger partial charge is 0.237 e. The van der Waals surface area contributed by atoms with Gasteiger partial charge in [0.15, 0.2) is 5.16 Å². The summed E-state index contributed by atoms with van der Waals surface area (Å²) in [5.74, 6) is -0.495. The second-order valence-corrected chi connectivity index (χ2v) is 6.18. The molecule has 112 valence electrons. The first-order chi connectivity index (χ1) is 9.97. The number of carbonyl (C=O) groups excluding carboxylic acids is 1. The van der Waals surface area contributed by atoms with Gasteiger partial charge < -0.3 is 9.88 Å². The molecule has 0 bridgehead atoms. The molecule has 0 spiro atoms. The topological polar surface area (TPSA) is 59.8 Å². The Hall–Kier alpha value is -1.89. The second kappa shape index (κ2) is 6.71. The van der Waals surface area contributed by atoms with Crippen molar-refractivity contribution in [1.29, 1.82) is 0 Å². The van der Waals surface area contributed by atoms with E-state index in [1.165, 1.54) is 36.0 Å². The highest BCUT2D eigenvalue weighted by Crippen LogP contribution is 2.24. The number of halogens is 1. The maximum Gasteiger partial charge on any atom is 0.237 e. The van der Waals surface area contributed by atoms with Crippen LogP contribution in [0.1, 0.15) is 26.8 Å². The zero-order chi connectivity index (χ0) is 15.4. The van der Waals surface area contributed by atoms with Crippen LogP contribution in [0.3, 0.4) is 0 Å². The standard InChI is InChI=1S/C14H17FN4OS/c1-9(2)19-8-16-18-14(19)21-10(3)13(20)17-12-6-4-11(15)5-7-12/h4-10H,1-3H3,(H,17,20)/t10-/m0/s1. The number of hydrogen-bond acceptors (Lipinski definition) is 4. The molecule has 0 fully saturated rings. The van der Waals surface area contributed by atoms with Gasteiger partial charge in [-0.2, -0.15) is 0 Å². The van der Waals surface area contributed by atoms with E-state index in [2.05, 4.69) is 15.5 Å². The van der Waals surface area contributed by atoms with Crippen LogP contribution >= 0.6 is 11.8 Å². The Kier molecular flexibility index (Phi) is 4.95. The van der Waals surface area contributed by atoms with Gasteiger partial charge in [-0.15, -0.1) is 10.2 Å². The normalized spacial score (nSPS) is 12.4. The maximum atomic E-state index is 12.8. The monoisotopic (exact) mass is 308 g/mol. The average Bonchev–Trinajstić information content (AvgIpc) is 2.89. The van der Waals surface area contributed by atoms with E-state index >= 15 is 0 Å². The molecule has 0 aliphatic carbocycles. The van der Waals surface area contributed by atoms with Crippen molar-refractivity contribution in [2.24, 2.45) is 0 Å². The molecule has 0 saturated heterocycles. The summed E-state index contributed by atoms with van der Waals surface area (Å²) >= 11 is 1.34. The first kappa shape index (κ1) is 15.5. The summed E-state index contributed by atoms with van der Waals surface area (Å²) in [6, 6.07) is 5.91. The quantitative estimate of drug-likeness (QED) is 0.862. The van der Waals surface area contributed by atoms with Crippen molar-refractivity contribution in [2.75, 3.05) is 5.32 Å². The molecule has 0 saturated carbocycles. The third-order valence-electron chi connectivity index (χ3n) is 2.86. The van der Waals surface area contributed by atoms with Gasteiger partial charge in [-0.25, -0.2) is 4.39 Å². The number of hydrogen-bond donors (Lipinski definition) is 1. The predicted molar refractivity (Wildman–Crippen MR) is 80.8 cm³/mol. The molecule has 0 aliphatic rings. The number of rotatable bonds is 5. The van der Waals surface area contributed by atoms with E-state index in [9.17, 15) is 9.18 Å². The van der Waals surface area contributed by atoms with E-state index in [0.717, 1.165) is 0 Å². The van der Waals surface area contributed by atoms with Crippen molar-refractivity contribution in [3.8, 4) is 0 Å². The molecular formula is C14H17FN4OS. The number of carbonyl (C=O) groups is 1. The Morgan fingerprint density at radius 1 is 1.29 bits per heavy atom. The summed E-state index contributed by atoms with van der Waals surface area (Å²) in [5, 5.41) is 11.0. The molecule has 1 aromatic carbocycles. The van der Waals surface area contributed by atoms with Gasteiger partial charge in [0.2, 0.25) is 5.91 Å². The fraction of sp³-hybridized carbons (Fsp3) is 0.357. The minimum atomic E-state index is -0.336. The maximum absolute atomic E-state index is 12.8. The van der Waals surface area contributed by atoms with E-state index in [4.69, 9.17) is 0 Å². The molecule has 1 N–H and O–H groups in total. The summed E-state index contributed by atoms with van der Waals surface area (Å²) in [7, 11) is 0. The summed E-state index contributed by atoms with van der Waals surface area (Å²) in [6.07, 6.45) is 1.65. The number of amides is 1. The van der Waals surface area contributed by atoms with Crippen LogP contribution in [-0.2, 0) is 4.79 Å². The number of thioether (sulfide) groups is 1. The molecule has 5 nitrogen and oxygen atoms in total. The average molecular weight is 308 g/mol. The molecule has 0 aliphatic heterocycles. The third kappa shape index (κ3) is 4.04. The lowest BCUT2D eigenvalue weighted by Gasteiger charge is -2.14. The number of benzene rings is 1. The molecule has 21 heavy (non-hydrogen) atoms. The van der Waals surface area contributed by atoms with Crippen LogP contribution in [0.5, 0.6) is 0 Å². The van der Waals surface area contributed by atoms with Crippen LogP contribution in [0, 0.1) is 5.82 Å². The fourth-order valence-corrected chi connectivity index (χ4v) is 2.62. The highest BCUT2D eigenvalue weighted by Gasteiger charge is 2.18. The van der Waals surface area contributed by atoms with Gasteiger partial charge in [0, 0.05) is 11.7 Å². The third-order valence-corrected chi connectivity index (χ3v) is 3.93. The highest BCUT2D eigenvalue weighted by molar-refractivity contribution is 8.00. The summed E-state index contributed by atoms with van der Waals surface area (Å²) < 4.78 is 14.7. The SMILES string of the molecule is CC(C)n1cnnc1S[C@@H](C)C(=O)Nc1ccc(F)cc1. The molecule has 1 aromatic heterocycles. The number of nitrogens with one attached hydrogen (secondary N) is 1. The van der Waals surface area contributed by atoms with Gasteiger partial charge in [0.1, 0.15) is 12.1 Å². The van der Waals surface area contributed by atoms with Gasteiger partial charge >= 0.3 is 0 Å². The molecule has 0 radical (unpaired) electrons. The van der Waals surface area contributed by atoms with Gasteiger partial charge in [-0.3, -0.25) is 4.79 Å². The number of aromatic nitrogens is 3. The van der Waals surface area contributed by atoms with Crippen molar-refractivity contribution in [3.63, 3.8) is 0 Å². The van der Waals surface area contributed by atoms with Crippen LogP contribution < -0.4 is 5.32 Å². The molecule has 1 amide bonds. The van der Waals surface area contributed by atoms with Crippen LogP contribution in [0.25, 0.3) is 0 Å². The summed E-state index contributed by atoms with van der Waals surface area (Å²) in [5.41, 5.74) is 0.569. The van der Waals surface area contributed by atoms with E-state index in [1.807, 2.05) is 18.4 Å². The van der Waals surface area contributed by atoms with Crippen LogP contribution in [0.2, 0.25) is 0 Å². The van der Waals surface area contributed by atoms with E-state index in [0.29, 0.717) is 10.8 Å². The van der Waals surface area contributed by atoms with Crippen molar-refractivity contribution in [1.82, 2.24) is 14.8 Å². The first-order valence-corrected chi connectivity index (χ1v) is 7.48. The lowest BCUT2D eigenvalue weighted by molar-refractivity contribution is -0.115. The fourth-order valence-electron chi connectivity index (χ4n) is 1.66. The summed E-state index contributed by atoms with van der Waals surface area (Å²) in [6.45, 7) is 5.84.